The largest absolute Gasteiger partial charge is 0.487 e. The van der Waals surface area contributed by atoms with Gasteiger partial charge < -0.3 is 24.9 Å². The summed E-state index contributed by atoms with van der Waals surface area (Å²) in [4.78, 5) is 44.1. The maximum absolute atomic E-state index is 15.0. The second-order valence-corrected chi connectivity index (χ2v) is 11.2. The number of hydrogen-bond donors (Lipinski definition) is 4. The molecule has 2 aromatic heterocycles. The lowest BCUT2D eigenvalue weighted by atomic mass is 9.94. The Morgan fingerprint density at radius 2 is 1.75 bits per heavy atom. The van der Waals surface area contributed by atoms with Crippen LogP contribution in [0.1, 0.15) is 36.8 Å². The van der Waals surface area contributed by atoms with Crippen LogP contribution in [-0.4, -0.2) is 32.8 Å². The first-order valence-electron chi connectivity index (χ1n) is 14.9. The first-order chi connectivity index (χ1) is 23.0. The maximum Gasteiger partial charge on any atom is 0.325 e. The summed E-state index contributed by atoms with van der Waals surface area (Å²) in [5.41, 5.74) is 2.29. The quantitative estimate of drug-likeness (QED) is 0.107. The lowest BCUT2D eigenvalue weighted by Crippen LogP contribution is -2.35. The van der Waals surface area contributed by atoms with Crippen molar-refractivity contribution in [3.05, 3.63) is 126 Å². The molecule has 48 heavy (non-hydrogen) atoms. The Hall–Kier alpha value is -5.88. The summed E-state index contributed by atoms with van der Waals surface area (Å²) < 4.78 is 39.9. The number of imide groups is 1. The van der Waals surface area contributed by atoms with Crippen LogP contribution in [0, 0.1) is 17.6 Å². The second kappa shape index (κ2) is 14.7. The van der Waals surface area contributed by atoms with Crippen molar-refractivity contribution in [2.75, 3.05) is 5.32 Å². The highest BCUT2D eigenvalue weighted by Gasteiger charge is 2.21. The summed E-state index contributed by atoms with van der Waals surface area (Å²) in [5.74, 6) is -1.69. The SMILES string of the molecule is C=C(C(=O)C(C)C)C(O)c1cccc(OCc2cc3c(Oc4ccc(NC(=O)NC(=O)Cc5ccc(F)cc5)cc4F)ccnc3[nH]2)c1. The van der Waals surface area contributed by atoms with Gasteiger partial charge >= 0.3 is 6.03 Å². The number of benzene rings is 3. The highest BCUT2D eigenvalue weighted by atomic mass is 19.1. The van der Waals surface area contributed by atoms with Crippen molar-refractivity contribution in [3.63, 3.8) is 0 Å². The zero-order valence-corrected chi connectivity index (χ0v) is 26.1. The third kappa shape index (κ3) is 8.28. The van der Waals surface area contributed by atoms with E-state index >= 15 is 4.39 Å². The number of rotatable bonds is 12. The third-order valence-electron chi connectivity index (χ3n) is 7.23. The molecule has 0 bridgehead atoms. The van der Waals surface area contributed by atoms with Crippen molar-refractivity contribution in [1.82, 2.24) is 15.3 Å². The van der Waals surface area contributed by atoms with Crippen LogP contribution in [0.3, 0.4) is 0 Å². The highest BCUT2D eigenvalue weighted by Crippen LogP contribution is 2.32. The number of nitrogens with zero attached hydrogens (tertiary/aromatic N) is 1. The molecule has 0 aliphatic heterocycles. The number of pyridine rings is 1. The molecular weight excluding hydrogens is 622 g/mol. The Kier molecular flexibility index (Phi) is 10.2. The van der Waals surface area contributed by atoms with Crippen molar-refractivity contribution in [3.8, 4) is 17.2 Å². The van der Waals surface area contributed by atoms with Crippen LogP contribution in [0.15, 0.2) is 97.2 Å². The van der Waals surface area contributed by atoms with Crippen molar-refractivity contribution in [1.29, 1.82) is 0 Å². The number of urea groups is 1. The molecule has 10 nitrogen and oxygen atoms in total. The van der Waals surface area contributed by atoms with E-state index in [0.29, 0.717) is 39.4 Å². The molecule has 0 spiro atoms. The Bertz CT molecular complexity index is 1990. The average molecular weight is 655 g/mol. The van der Waals surface area contributed by atoms with Gasteiger partial charge in [0.15, 0.2) is 17.3 Å². The topological polar surface area (TPSA) is 143 Å². The summed E-state index contributed by atoms with van der Waals surface area (Å²) in [6, 6.07) is 18.3. The summed E-state index contributed by atoms with van der Waals surface area (Å²) in [7, 11) is 0. The van der Waals surface area contributed by atoms with E-state index in [1.54, 1.807) is 50.2 Å². The molecule has 0 saturated carbocycles. The molecule has 0 aliphatic carbocycles. The molecule has 5 aromatic rings. The molecule has 3 amide bonds. The van der Waals surface area contributed by atoms with Crippen molar-refractivity contribution in [2.24, 2.45) is 5.92 Å². The maximum atomic E-state index is 15.0. The smallest absolute Gasteiger partial charge is 0.325 e. The predicted molar refractivity (Wildman–Crippen MR) is 175 cm³/mol. The number of hydrogen-bond acceptors (Lipinski definition) is 7. The van der Waals surface area contributed by atoms with Crippen LogP contribution in [-0.2, 0) is 22.6 Å². The first-order valence-corrected chi connectivity index (χ1v) is 14.9. The molecule has 1 unspecified atom stereocenters. The number of aliphatic hydroxyl groups is 1. The Labute approximate surface area is 274 Å². The number of Topliss-reactive ketones (excluding diaryl/α,β-unsaturated/α-hetero) is 1. The molecule has 4 N–H and O–H groups in total. The minimum atomic E-state index is -1.16. The van der Waals surface area contributed by atoms with Gasteiger partial charge in [-0.25, -0.2) is 18.6 Å². The van der Waals surface area contributed by atoms with Gasteiger partial charge in [0.1, 0.15) is 35.7 Å². The Morgan fingerprint density at radius 3 is 2.48 bits per heavy atom. The van der Waals surface area contributed by atoms with Gasteiger partial charge in [0.05, 0.1) is 17.5 Å². The zero-order chi connectivity index (χ0) is 34.4. The number of amides is 3. The van der Waals surface area contributed by atoms with Crippen LogP contribution in [0.4, 0.5) is 19.3 Å². The molecule has 0 fully saturated rings. The standard InChI is InChI=1S/C36H32F2N4O6/c1-20(2)33(44)21(3)34(45)23-5-4-6-27(16-23)47-19-26-17-28-30(13-14-39-35(28)40-26)48-31-12-11-25(18-29(31)38)41-36(46)42-32(43)15-22-7-9-24(37)10-8-22/h4-14,16-18,20,34,45H,3,15,19H2,1-2H3,(H,39,40)(H2,41,42,43,46). The fourth-order valence-electron chi connectivity index (χ4n) is 4.77. The number of ketones is 1. The van der Waals surface area contributed by atoms with Gasteiger partial charge in [0, 0.05) is 29.4 Å². The number of aromatic amines is 1. The predicted octanol–water partition coefficient (Wildman–Crippen LogP) is 6.92. The van der Waals surface area contributed by atoms with Crippen LogP contribution in [0.2, 0.25) is 0 Å². The summed E-state index contributed by atoms with van der Waals surface area (Å²) in [5, 5.41) is 15.7. The van der Waals surface area contributed by atoms with Gasteiger partial charge in [-0.1, -0.05) is 44.7 Å². The van der Waals surface area contributed by atoms with Crippen LogP contribution < -0.4 is 20.1 Å². The first kappa shape index (κ1) is 33.5. The third-order valence-corrected chi connectivity index (χ3v) is 7.23. The molecule has 2 heterocycles. The number of carbonyl (C=O) groups is 3. The average Bonchev–Trinajstić information content (AvgIpc) is 3.49. The number of halogens is 2. The summed E-state index contributed by atoms with van der Waals surface area (Å²) >= 11 is 0. The van der Waals surface area contributed by atoms with E-state index < -0.39 is 29.7 Å². The molecule has 3 aromatic carbocycles. The molecule has 0 saturated heterocycles. The van der Waals surface area contributed by atoms with Crippen LogP contribution in [0.25, 0.3) is 11.0 Å². The van der Waals surface area contributed by atoms with E-state index in [1.807, 2.05) is 0 Å². The lowest BCUT2D eigenvalue weighted by Gasteiger charge is -2.16. The van der Waals surface area contributed by atoms with Gasteiger partial charge in [0.25, 0.3) is 0 Å². The summed E-state index contributed by atoms with van der Waals surface area (Å²) in [6.45, 7) is 7.34. The Morgan fingerprint density at radius 1 is 0.979 bits per heavy atom. The van der Waals surface area contributed by atoms with Crippen molar-refractivity contribution < 1.29 is 37.7 Å². The molecule has 12 heteroatoms. The number of H-pyrrole nitrogens is 1. The molecule has 0 aliphatic rings. The van der Waals surface area contributed by atoms with Crippen molar-refractivity contribution in [2.45, 2.75) is 33.0 Å². The van der Waals surface area contributed by atoms with Crippen molar-refractivity contribution >= 4 is 34.4 Å². The second-order valence-electron chi connectivity index (χ2n) is 11.2. The molecule has 246 valence electrons. The lowest BCUT2D eigenvalue weighted by molar-refractivity contribution is -0.120. The van der Waals surface area contributed by atoms with Gasteiger partial charge in [-0.3, -0.25) is 14.9 Å². The van der Waals surface area contributed by atoms with E-state index in [4.69, 9.17) is 9.47 Å². The summed E-state index contributed by atoms with van der Waals surface area (Å²) in [6.07, 6.45) is 0.194. The fourth-order valence-corrected chi connectivity index (χ4v) is 4.77. The number of carbonyl (C=O) groups excluding carboxylic acids is 3. The molecule has 0 radical (unpaired) electrons. The zero-order valence-electron chi connectivity index (χ0n) is 26.1. The molecule has 1 atom stereocenters. The van der Waals surface area contributed by atoms with Crippen LogP contribution >= 0.6 is 0 Å². The van der Waals surface area contributed by atoms with Gasteiger partial charge in [-0.2, -0.15) is 0 Å². The van der Waals surface area contributed by atoms with Gasteiger partial charge in [-0.15, -0.1) is 0 Å². The number of aliphatic hydroxyl groups excluding tert-OH is 1. The number of fused-ring (bicyclic) bond motifs is 1. The molecule has 5 rings (SSSR count). The molecular formula is C36H32F2N4O6. The van der Waals surface area contributed by atoms with Gasteiger partial charge in [0.2, 0.25) is 5.91 Å². The number of ether oxygens (including phenoxy) is 2. The number of aromatic nitrogens is 2. The normalized spacial score (nSPS) is 11.6. The van der Waals surface area contributed by atoms with E-state index in [-0.39, 0.29) is 41.7 Å². The van der Waals surface area contributed by atoms with E-state index in [1.165, 1.54) is 42.6 Å². The monoisotopic (exact) mass is 654 g/mol. The fraction of sp³-hybridized carbons (Fsp3) is 0.167. The van der Waals surface area contributed by atoms with E-state index in [0.717, 1.165) is 6.07 Å². The number of nitrogens with one attached hydrogen (secondary N) is 3. The van der Waals surface area contributed by atoms with Gasteiger partial charge in [-0.05, 0) is 59.7 Å². The van der Waals surface area contributed by atoms with E-state index in [2.05, 4.69) is 27.2 Å². The minimum absolute atomic E-state index is 0.0836. The number of anilines is 1. The van der Waals surface area contributed by atoms with Crippen LogP contribution in [0.5, 0.6) is 17.2 Å². The Balaban J connectivity index is 1.20. The minimum Gasteiger partial charge on any atom is -0.487 e. The van der Waals surface area contributed by atoms with E-state index in [9.17, 15) is 23.9 Å². The highest BCUT2D eigenvalue weighted by molar-refractivity contribution is 6.01.